The predicted molar refractivity (Wildman–Crippen MR) is 49.4 cm³/mol. The van der Waals surface area contributed by atoms with Crippen LogP contribution in [-0.4, -0.2) is 16.5 Å². The van der Waals surface area contributed by atoms with Gasteiger partial charge < -0.3 is 17.5 Å². The van der Waals surface area contributed by atoms with E-state index in [-0.39, 0.29) is 56.8 Å². The van der Waals surface area contributed by atoms with Crippen molar-refractivity contribution in [2.75, 3.05) is 0 Å². The smallest absolute Gasteiger partial charge is 0.445 e. The van der Waals surface area contributed by atoms with E-state index in [0.717, 1.165) is 6.20 Å². The molecular formula is C8H7BF3KN2. The number of halogens is 3. The molecule has 0 fully saturated rings. The number of fused-ring (bicyclic) bond motifs is 1. The van der Waals surface area contributed by atoms with Crippen LogP contribution in [0.1, 0.15) is 0 Å². The summed E-state index contributed by atoms with van der Waals surface area (Å²) in [6.45, 7) is -4.96. The van der Waals surface area contributed by atoms with Crippen molar-refractivity contribution >= 4 is 23.5 Å². The van der Waals surface area contributed by atoms with E-state index in [0.29, 0.717) is 5.65 Å². The minimum atomic E-state index is -4.96. The zero-order valence-electron chi connectivity index (χ0n) is 8.42. The number of rotatable bonds is 1. The maximum absolute atomic E-state index is 12.6. The first-order valence-electron chi connectivity index (χ1n) is 4.10. The monoisotopic (exact) mass is 238 g/mol. The molecule has 0 spiro atoms. The van der Waals surface area contributed by atoms with E-state index in [2.05, 4.69) is 4.98 Å². The Morgan fingerprint density at radius 2 is 2.00 bits per heavy atom. The van der Waals surface area contributed by atoms with Crippen LogP contribution in [0.3, 0.4) is 0 Å². The molecular weight excluding hydrogens is 231 g/mol. The van der Waals surface area contributed by atoms with E-state index in [1.807, 2.05) is 0 Å². The minimum Gasteiger partial charge on any atom is -0.445 e. The van der Waals surface area contributed by atoms with E-state index in [4.69, 9.17) is 0 Å². The molecule has 0 N–H and O–H groups in total. The summed E-state index contributed by atoms with van der Waals surface area (Å²) in [5, 5.41) is 0.169. The molecule has 74 valence electrons. The topological polar surface area (TPSA) is 17.8 Å². The average molecular weight is 238 g/mol. The van der Waals surface area contributed by atoms with Gasteiger partial charge in [0.15, 0.2) is 0 Å². The number of aromatic nitrogens is 2. The van der Waals surface area contributed by atoms with E-state index >= 15 is 0 Å². The molecule has 0 radical (unpaired) electrons. The van der Waals surface area contributed by atoms with Gasteiger partial charge in [0.2, 0.25) is 0 Å². The number of nitrogens with zero attached hydrogens (tertiary/aromatic N) is 2. The summed E-state index contributed by atoms with van der Waals surface area (Å²) in [5.74, 6) is 0. The Labute approximate surface area is 127 Å². The van der Waals surface area contributed by atoms with E-state index < -0.39 is 12.4 Å². The molecule has 2 heterocycles. The molecule has 2 rings (SSSR count). The second-order valence-corrected chi connectivity index (χ2v) is 3.14. The van der Waals surface area contributed by atoms with Crippen molar-refractivity contribution in [3.05, 3.63) is 24.5 Å². The van der Waals surface area contributed by atoms with Crippen molar-refractivity contribution in [2.24, 2.45) is 7.05 Å². The van der Waals surface area contributed by atoms with Gasteiger partial charge in [0.1, 0.15) is 5.65 Å². The first-order valence-corrected chi connectivity index (χ1v) is 4.10. The van der Waals surface area contributed by atoms with Crippen LogP contribution in [0.5, 0.6) is 0 Å². The molecule has 0 saturated carbocycles. The Hall–Kier alpha value is 0.181. The van der Waals surface area contributed by atoms with Gasteiger partial charge in [-0.1, -0.05) is 11.5 Å². The molecule has 15 heavy (non-hydrogen) atoms. The molecule has 0 aliphatic heterocycles. The van der Waals surface area contributed by atoms with Gasteiger partial charge in [-0.25, -0.2) is 4.98 Å². The summed E-state index contributed by atoms with van der Waals surface area (Å²) < 4.78 is 39.0. The zero-order chi connectivity index (χ0) is 10.3. The maximum atomic E-state index is 12.6. The molecule has 0 aliphatic rings. The van der Waals surface area contributed by atoms with Crippen molar-refractivity contribution in [3.8, 4) is 0 Å². The number of hydrogen-bond acceptors (Lipinski definition) is 1. The van der Waals surface area contributed by atoms with Crippen LogP contribution in [-0.2, 0) is 7.05 Å². The molecule has 0 atom stereocenters. The Kier molecular flexibility index (Phi) is 4.05. The molecule has 0 unspecified atom stereocenters. The quantitative estimate of drug-likeness (QED) is 0.560. The van der Waals surface area contributed by atoms with Crippen LogP contribution in [0.25, 0.3) is 11.0 Å². The summed E-state index contributed by atoms with van der Waals surface area (Å²) in [7, 11) is 1.56. The summed E-state index contributed by atoms with van der Waals surface area (Å²) in [6.07, 6.45) is 2.56. The fourth-order valence-electron chi connectivity index (χ4n) is 1.50. The number of pyridine rings is 1. The number of hydrogen-bond donors (Lipinski definition) is 0. The predicted octanol–water partition coefficient (Wildman–Crippen LogP) is -1.37. The van der Waals surface area contributed by atoms with Gasteiger partial charge in [-0.15, -0.1) is 0 Å². The maximum Gasteiger partial charge on any atom is 1.00 e. The first kappa shape index (κ1) is 13.2. The molecule has 0 bridgehead atoms. The minimum absolute atomic E-state index is 0. The van der Waals surface area contributed by atoms with Gasteiger partial charge in [-0.05, 0) is 17.6 Å². The summed E-state index contributed by atoms with van der Waals surface area (Å²) in [5.41, 5.74) is -0.211. The SMILES string of the molecule is Cn1cc([B-](F)(F)F)c2cccnc21.[K+]. The molecule has 0 aliphatic carbocycles. The zero-order valence-corrected chi connectivity index (χ0v) is 11.5. The van der Waals surface area contributed by atoms with E-state index in [1.165, 1.54) is 22.9 Å². The Morgan fingerprint density at radius 1 is 1.33 bits per heavy atom. The molecule has 2 nitrogen and oxygen atoms in total. The second-order valence-electron chi connectivity index (χ2n) is 3.14. The molecule has 7 heteroatoms. The van der Waals surface area contributed by atoms with Crippen molar-refractivity contribution in [1.82, 2.24) is 9.55 Å². The van der Waals surface area contributed by atoms with Crippen LogP contribution in [0, 0.1) is 0 Å². The molecule has 2 aromatic rings. The van der Waals surface area contributed by atoms with Crippen LogP contribution < -0.4 is 56.8 Å². The van der Waals surface area contributed by atoms with Gasteiger partial charge >= 0.3 is 58.4 Å². The van der Waals surface area contributed by atoms with Crippen LogP contribution in [0.2, 0.25) is 0 Å². The van der Waals surface area contributed by atoms with Gasteiger partial charge in [0, 0.05) is 13.2 Å². The van der Waals surface area contributed by atoms with Crippen LogP contribution in [0.4, 0.5) is 12.9 Å². The van der Waals surface area contributed by atoms with Gasteiger partial charge in [0.05, 0.1) is 0 Å². The summed E-state index contributed by atoms with van der Waals surface area (Å²) >= 11 is 0. The normalized spacial score (nSPS) is 11.5. The van der Waals surface area contributed by atoms with Crippen LogP contribution in [0.15, 0.2) is 24.5 Å². The summed E-state index contributed by atoms with van der Waals surface area (Å²) in [4.78, 5) is 3.89. The molecule has 0 aromatic carbocycles. The third kappa shape index (κ3) is 2.47. The van der Waals surface area contributed by atoms with Crippen molar-refractivity contribution in [1.29, 1.82) is 0 Å². The van der Waals surface area contributed by atoms with Crippen molar-refractivity contribution in [3.63, 3.8) is 0 Å². The number of aryl methyl sites for hydroxylation is 1. The van der Waals surface area contributed by atoms with Gasteiger partial charge in [-0.2, -0.15) is 0 Å². The largest absolute Gasteiger partial charge is 1.00 e. The Morgan fingerprint density at radius 3 is 2.60 bits per heavy atom. The average Bonchev–Trinajstić information content (AvgIpc) is 2.44. The van der Waals surface area contributed by atoms with Crippen LogP contribution >= 0.6 is 0 Å². The molecule has 0 saturated heterocycles. The summed E-state index contributed by atoms with van der Waals surface area (Å²) in [6, 6.07) is 2.94. The van der Waals surface area contributed by atoms with Crippen molar-refractivity contribution in [2.45, 2.75) is 0 Å². The molecule has 0 amide bonds. The third-order valence-corrected chi connectivity index (χ3v) is 2.12. The van der Waals surface area contributed by atoms with E-state index in [1.54, 1.807) is 7.05 Å². The fraction of sp³-hybridized carbons (Fsp3) is 0.125. The van der Waals surface area contributed by atoms with Gasteiger partial charge in [-0.3, -0.25) is 0 Å². The first-order chi connectivity index (χ1) is 6.50. The fourth-order valence-corrected chi connectivity index (χ4v) is 1.50. The van der Waals surface area contributed by atoms with E-state index in [9.17, 15) is 12.9 Å². The standard InChI is InChI=1S/C8H7BF3N2.K/c1-14-5-7(9(10,11)12)6-3-2-4-13-8(6)14;/h2-5H,1H3;/q-1;+1. The van der Waals surface area contributed by atoms with Gasteiger partial charge in [0.25, 0.3) is 0 Å². The Bertz CT molecular complexity index is 480. The molecule has 2 aromatic heterocycles. The second kappa shape index (κ2) is 4.59. The Balaban J connectivity index is 0.00000112. The third-order valence-electron chi connectivity index (χ3n) is 2.12. The van der Waals surface area contributed by atoms with Crippen molar-refractivity contribution < 1.29 is 64.3 Å².